The highest BCUT2D eigenvalue weighted by molar-refractivity contribution is 7.99. The lowest BCUT2D eigenvalue weighted by molar-refractivity contribution is 0.753. The van der Waals surface area contributed by atoms with Crippen LogP contribution in [-0.2, 0) is 0 Å². The SMILES string of the molecule is CCCNc1cc(Sc2cccc(C)c2)nc(C(C)C)n1. The summed E-state index contributed by atoms with van der Waals surface area (Å²) in [6.07, 6.45) is 1.08. The van der Waals surface area contributed by atoms with Crippen LogP contribution in [0.2, 0.25) is 0 Å². The van der Waals surface area contributed by atoms with Gasteiger partial charge >= 0.3 is 0 Å². The van der Waals surface area contributed by atoms with E-state index in [4.69, 9.17) is 0 Å². The van der Waals surface area contributed by atoms with Crippen molar-refractivity contribution in [2.24, 2.45) is 0 Å². The largest absolute Gasteiger partial charge is 0.370 e. The van der Waals surface area contributed by atoms with Crippen molar-refractivity contribution in [1.82, 2.24) is 9.97 Å². The van der Waals surface area contributed by atoms with Gasteiger partial charge in [0.1, 0.15) is 16.7 Å². The molecule has 2 aromatic rings. The first-order valence-corrected chi connectivity index (χ1v) is 8.27. The Morgan fingerprint density at radius 1 is 1.19 bits per heavy atom. The number of benzene rings is 1. The fourth-order valence-corrected chi connectivity index (χ4v) is 2.84. The number of aromatic nitrogens is 2. The lowest BCUT2D eigenvalue weighted by atomic mass is 10.2. The van der Waals surface area contributed by atoms with Gasteiger partial charge in [-0.2, -0.15) is 0 Å². The van der Waals surface area contributed by atoms with Gasteiger partial charge in [-0.05, 0) is 25.5 Å². The maximum atomic E-state index is 4.68. The molecule has 0 saturated heterocycles. The summed E-state index contributed by atoms with van der Waals surface area (Å²) in [6.45, 7) is 9.45. The molecule has 1 N–H and O–H groups in total. The quantitative estimate of drug-likeness (QED) is 0.772. The van der Waals surface area contributed by atoms with Crippen molar-refractivity contribution in [2.45, 2.75) is 50.0 Å². The summed E-state index contributed by atoms with van der Waals surface area (Å²) in [5.74, 6) is 2.14. The molecule has 0 unspecified atom stereocenters. The van der Waals surface area contributed by atoms with E-state index in [1.54, 1.807) is 11.8 Å². The van der Waals surface area contributed by atoms with Gasteiger partial charge in [0, 0.05) is 23.4 Å². The fraction of sp³-hybridized carbons (Fsp3) is 0.412. The molecule has 2 rings (SSSR count). The third-order valence-electron chi connectivity index (χ3n) is 3.00. The third-order valence-corrected chi connectivity index (χ3v) is 3.91. The van der Waals surface area contributed by atoms with Crippen molar-refractivity contribution < 1.29 is 0 Å². The highest BCUT2D eigenvalue weighted by Crippen LogP contribution is 2.29. The van der Waals surface area contributed by atoms with E-state index >= 15 is 0 Å². The van der Waals surface area contributed by atoms with Gasteiger partial charge in [-0.3, -0.25) is 0 Å². The summed E-state index contributed by atoms with van der Waals surface area (Å²) in [7, 11) is 0. The van der Waals surface area contributed by atoms with Crippen molar-refractivity contribution >= 4 is 17.6 Å². The summed E-state index contributed by atoms with van der Waals surface area (Å²) in [5, 5.41) is 4.36. The molecule has 0 aliphatic carbocycles. The summed E-state index contributed by atoms with van der Waals surface area (Å²) >= 11 is 1.69. The molecule has 0 bridgehead atoms. The van der Waals surface area contributed by atoms with E-state index in [2.05, 4.69) is 67.2 Å². The molecule has 0 amide bonds. The standard InChI is InChI=1S/C17H23N3S/c1-5-9-18-15-11-16(20-17(19-15)12(2)3)21-14-8-6-7-13(4)10-14/h6-8,10-12H,5,9H2,1-4H3,(H,18,19,20). The maximum Gasteiger partial charge on any atom is 0.134 e. The molecule has 0 radical (unpaired) electrons. The van der Waals surface area contributed by atoms with E-state index < -0.39 is 0 Å². The second-order valence-corrected chi connectivity index (χ2v) is 6.54. The van der Waals surface area contributed by atoms with Gasteiger partial charge in [-0.1, -0.05) is 50.2 Å². The zero-order valence-corrected chi connectivity index (χ0v) is 14.0. The topological polar surface area (TPSA) is 37.8 Å². The lowest BCUT2D eigenvalue weighted by Gasteiger charge is -2.11. The monoisotopic (exact) mass is 301 g/mol. The Hall–Kier alpha value is -1.55. The number of anilines is 1. The second kappa shape index (κ2) is 7.46. The Morgan fingerprint density at radius 2 is 2.00 bits per heavy atom. The van der Waals surface area contributed by atoms with Crippen molar-refractivity contribution in [1.29, 1.82) is 0 Å². The predicted molar refractivity (Wildman–Crippen MR) is 90.2 cm³/mol. The van der Waals surface area contributed by atoms with E-state index in [-0.39, 0.29) is 0 Å². The van der Waals surface area contributed by atoms with Gasteiger partial charge in [0.05, 0.1) is 0 Å². The van der Waals surface area contributed by atoms with E-state index in [0.29, 0.717) is 5.92 Å². The molecule has 1 aromatic carbocycles. The minimum Gasteiger partial charge on any atom is -0.370 e. The molecule has 0 aliphatic rings. The minimum atomic E-state index is 0.324. The van der Waals surface area contributed by atoms with Gasteiger partial charge in [-0.25, -0.2) is 9.97 Å². The summed E-state index contributed by atoms with van der Waals surface area (Å²) in [4.78, 5) is 10.5. The van der Waals surface area contributed by atoms with Crippen LogP contribution in [0.25, 0.3) is 0 Å². The number of hydrogen-bond donors (Lipinski definition) is 1. The van der Waals surface area contributed by atoms with Crippen LogP contribution in [-0.4, -0.2) is 16.5 Å². The predicted octanol–water partition coefficient (Wildman–Crippen LogP) is 4.88. The van der Waals surface area contributed by atoms with Crippen LogP contribution in [0.1, 0.15) is 44.5 Å². The molecule has 0 aliphatic heterocycles. The van der Waals surface area contributed by atoms with Gasteiger partial charge in [0.25, 0.3) is 0 Å². The Kier molecular flexibility index (Phi) is 5.62. The number of hydrogen-bond acceptors (Lipinski definition) is 4. The molecule has 112 valence electrons. The van der Waals surface area contributed by atoms with E-state index in [1.165, 1.54) is 10.5 Å². The van der Waals surface area contributed by atoms with E-state index in [9.17, 15) is 0 Å². The van der Waals surface area contributed by atoms with Crippen molar-refractivity contribution in [2.75, 3.05) is 11.9 Å². The summed E-state index contributed by atoms with van der Waals surface area (Å²) < 4.78 is 0. The highest BCUT2D eigenvalue weighted by Gasteiger charge is 2.09. The Bertz CT molecular complexity index is 596. The van der Waals surface area contributed by atoms with Gasteiger partial charge in [0.15, 0.2) is 0 Å². The van der Waals surface area contributed by atoms with Crippen molar-refractivity contribution in [3.05, 3.63) is 41.7 Å². The van der Waals surface area contributed by atoms with Crippen LogP contribution in [0.3, 0.4) is 0 Å². The van der Waals surface area contributed by atoms with E-state index in [1.807, 2.05) is 6.07 Å². The summed E-state index contributed by atoms with van der Waals surface area (Å²) in [5.41, 5.74) is 1.27. The molecule has 0 saturated carbocycles. The fourth-order valence-electron chi connectivity index (χ4n) is 1.90. The smallest absolute Gasteiger partial charge is 0.134 e. The van der Waals surface area contributed by atoms with Crippen LogP contribution in [0.4, 0.5) is 5.82 Å². The zero-order valence-electron chi connectivity index (χ0n) is 13.2. The molecule has 0 spiro atoms. The molecule has 4 heteroatoms. The zero-order chi connectivity index (χ0) is 15.2. The van der Waals surface area contributed by atoms with Crippen LogP contribution in [0.15, 0.2) is 40.3 Å². The Labute approximate surface area is 131 Å². The van der Waals surface area contributed by atoms with Crippen molar-refractivity contribution in [3.63, 3.8) is 0 Å². The molecule has 0 fully saturated rings. The van der Waals surface area contributed by atoms with Crippen LogP contribution in [0.5, 0.6) is 0 Å². The first-order valence-electron chi connectivity index (χ1n) is 7.46. The lowest BCUT2D eigenvalue weighted by Crippen LogP contribution is -2.06. The van der Waals surface area contributed by atoms with Gasteiger partial charge in [0.2, 0.25) is 0 Å². The first kappa shape index (κ1) is 15.8. The first-order chi connectivity index (χ1) is 10.1. The Balaban J connectivity index is 2.26. The normalized spacial score (nSPS) is 10.9. The molecule has 1 aromatic heterocycles. The number of aryl methyl sites for hydroxylation is 1. The highest BCUT2D eigenvalue weighted by atomic mass is 32.2. The number of nitrogens with zero attached hydrogens (tertiary/aromatic N) is 2. The van der Waals surface area contributed by atoms with Crippen LogP contribution in [0, 0.1) is 6.92 Å². The van der Waals surface area contributed by atoms with Gasteiger partial charge < -0.3 is 5.32 Å². The molecule has 0 atom stereocenters. The van der Waals surface area contributed by atoms with Gasteiger partial charge in [-0.15, -0.1) is 0 Å². The minimum absolute atomic E-state index is 0.324. The average molecular weight is 301 g/mol. The maximum absolute atomic E-state index is 4.68. The summed E-state index contributed by atoms with van der Waals surface area (Å²) in [6, 6.07) is 10.5. The van der Waals surface area contributed by atoms with E-state index in [0.717, 1.165) is 29.6 Å². The molecular weight excluding hydrogens is 278 g/mol. The molecule has 3 nitrogen and oxygen atoms in total. The Morgan fingerprint density at radius 3 is 2.67 bits per heavy atom. The van der Waals surface area contributed by atoms with Crippen molar-refractivity contribution in [3.8, 4) is 0 Å². The number of rotatable bonds is 6. The van der Waals surface area contributed by atoms with Crippen LogP contribution >= 0.6 is 11.8 Å². The van der Waals surface area contributed by atoms with Crippen LogP contribution < -0.4 is 5.32 Å². The average Bonchev–Trinajstić information content (AvgIpc) is 2.45. The number of nitrogens with one attached hydrogen (secondary N) is 1. The molecule has 21 heavy (non-hydrogen) atoms. The second-order valence-electron chi connectivity index (χ2n) is 5.45. The molecular formula is C17H23N3S. The third kappa shape index (κ3) is 4.74. The molecule has 1 heterocycles.